The number of aromatic amines is 1. The first-order chi connectivity index (χ1) is 18.4. The second kappa shape index (κ2) is 12.9. The second-order valence-corrected chi connectivity index (χ2v) is 9.02. The maximum atomic E-state index is 12.8. The van der Waals surface area contributed by atoms with Crippen molar-refractivity contribution in [3.63, 3.8) is 0 Å². The van der Waals surface area contributed by atoms with Crippen molar-refractivity contribution < 1.29 is 28.6 Å². The molecular formula is C27H33N5O6. The van der Waals surface area contributed by atoms with Crippen LogP contribution >= 0.6 is 0 Å². The molecule has 3 aromatic rings. The summed E-state index contributed by atoms with van der Waals surface area (Å²) in [6.07, 6.45) is 1.69. The van der Waals surface area contributed by atoms with E-state index >= 15 is 0 Å². The zero-order valence-corrected chi connectivity index (χ0v) is 21.6. The second-order valence-electron chi connectivity index (χ2n) is 9.02. The summed E-state index contributed by atoms with van der Waals surface area (Å²) >= 11 is 0. The molecule has 4 rings (SSSR count). The van der Waals surface area contributed by atoms with E-state index < -0.39 is 11.9 Å². The topological polar surface area (TPSA) is 144 Å². The van der Waals surface area contributed by atoms with Gasteiger partial charge in [-0.3, -0.25) is 14.4 Å². The zero-order valence-electron chi connectivity index (χ0n) is 21.6. The molecule has 0 unspecified atom stereocenters. The Balaban J connectivity index is 1.30. The largest absolute Gasteiger partial charge is 0.497 e. The number of aryl methyl sites for hydroxylation is 1. The number of H-pyrrole nitrogens is 1. The van der Waals surface area contributed by atoms with Crippen molar-refractivity contribution in [2.75, 3.05) is 33.4 Å². The minimum absolute atomic E-state index is 0.139. The Morgan fingerprint density at radius 1 is 1.16 bits per heavy atom. The molecule has 1 aliphatic rings. The third kappa shape index (κ3) is 7.00. The Morgan fingerprint density at radius 3 is 2.84 bits per heavy atom. The fourth-order valence-electron chi connectivity index (χ4n) is 4.21. The Labute approximate surface area is 220 Å². The van der Waals surface area contributed by atoms with Gasteiger partial charge in [0.05, 0.1) is 30.3 Å². The highest BCUT2D eigenvalue weighted by Gasteiger charge is 2.21. The lowest BCUT2D eigenvalue weighted by atomic mass is 10.1. The average Bonchev–Trinajstić information content (AvgIpc) is 3.33. The maximum Gasteiger partial charge on any atom is 0.255 e. The summed E-state index contributed by atoms with van der Waals surface area (Å²) < 4.78 is 16.5. The number of ether oxygens (including phenoxy) is 3. The van der Waals surface area contributed by atoms with Crippen molar-refractivity contribution in [1.29, 1.82) is 0 Å². The number of carbonyl (C=O) groups excluding carboxylic acids is 3. The molecule has 0 aliphatic carbocycles. The van der Waals surface area contributed by atoms with Crippen molar-refractivity contribution in [2.45, 2.75) is 38.8 Å². The lowest BCUT2D eigenvalue weighted by Crippen LogP contribution is -2.48. The molecule has 202 valence electrons. The van der Waals surface area contributed by atoms with Crippen LogP contribution in [0.2, 0.25) is 0 Å². The molecule has 0 fully saturated rings. The number of fused-ring (bicyclic) bond motifs is 2. The van der Waals surface area contributed by atoms with Gasteiger partial charge in [-0.1, -0.05) is 12.1 Å². The molecule has 11 nitrogen and oxygen atoms in total. The van der Waals surface area contributed by atoms with E-state index in [1.54, 1.807) is 18.2 Å². The first-order valence-electron chi connectivity index (χ1n) is 12.6. The molecule has 11 heteroatoms. The molecule has 0 radical (unpaired) electrons. The number of imidazole rings is 1. The van der Waals surface area contributed by atoms with Gasteiger partial charge < -0.3 is 35.1 Å². The molecule has 1 aromatic heterocycles. The van der Waals surface area contributed by atoms with Gasteiger partial charge in [0.25, 0.3) is 5.91 Å². The van der Waals surface area contributed by atoms with Gasteiger partial charge in [0.1, 0.15) is 43.2 Å². The molecule has 0 saturated heterocycles. The molecule has 2 aromatic carbocycles. The summed E-state index contributed by atoms with van der Waals surface area (Å²) in [5, 5.41) is 8.43. The number of nitrogens with one attached hydrogen (secondary N) is 4. The number of amides is 3. The highest BCUT2D eigenvalue weighted by atomic mass is 16.5. The monoisotopic (exact) mass is 523 g/mol. The molecule has 38 heavy (non-hydrogen) atoms. The van der Waals surface area contributed by atoms with Gasteiger partial charge in [0.2, 0.25) is 11.8 Å². The number of nitrogens with zero attached hydrogens (tertiary/aromatic N) is 1. The number of carbonyl (C=O) groups is 3. The summed E-state index contributed by atoms with van der Waals surface area (Å²) in [4.78, 5) is 45.7. The van der Waals surface area contributed by atoms with Crippen LogP contribution in [0.3, 0.4) is 0 Å². The lowest BCUT2D eigenvalue weighted by Gasteiger charge is -2.20. The summed E-state index contributed by atoms with van der Waals surface area (Å²) in [5.74, 6) is 0.604. The van der Waals surface area contributed by atoms with Crippen LogP contribution in [-0.4, -0.2) is 67.1 Å². The van der Waals surface area contributed by atoms with E-state index in [1.165, 1.54) is 7.11 Å². The number of para-hydroxylation sites is 1. The van der Waals surface area contributed by atoms with Crippen LogP contribution in [0.15, 0.2) is 36.4 Å². The summed E-state index contributed by atoms with van der Waals surface area (Å²) in [7, 11) is 1.53. The van der Waals surface area contributed by atoms with Crippen molar-refractivity contribution in [3.8, 4) is 11.5 Å². The predicted molar refractivity (Wildman–Crippen MR) is 140 cm³/mol. The number of rotatable bonds is 6. The lowest BCUT2D eigenvalue weighted by molar-refractivity contribution is -0.132. The highest BCUT2D eigenvalue weighted by molar-refractivity contribution is 5.97. The van der Waals surface area contributed by atoms with Crippen LogP contribution in [0.25, 0.3) is 11.0 Å². The van der Waals surface area contributed by atoms with Crippen LogP contribution < -0.4 is 25.4 Å². The molecule has 0 bridgehead atoms. The third-order valence-corrected chi connectivity index (χ3v) is 6.18. The smallest absolute Gasteiger partial charge is 0.255 e. The molecule has 4 N–H and O–H groups in total. The normalized spacial score (nSPS) is 16.9. The van der Waals surface area contributed by atoms with E-state index in [0.29, 0.717) is 48.7 Å². The van der Waals surface area contributed by atoms with Gasteiger partial charge in [-0.2, -0.15) is 0 Å². The van der Waals surface area contributed by atoms with Gasteiger partial charge in [-0.15, -0.1) is 0 Å². The van der Waals surface area contributed by atoms with E-state index in [4.69, 9.17) is 14.2 Å². The molecular weight excluding hydrogens is 490 g/mol. The first-order valence-corrected chi connectivity index (χ1v) is 12.6. The zero-order chi connectivity index (χ0) is 26.9. The summed E-state index contributed by atoms with van der Waals surface area (Å²) in [5.41, 5.74) is 3.23. The molecule has 0 saturated carbocycles. The van der Waals surface area contributed by atoms with Gasteiger partial charge in [0.15, 0.2) is 0 Å². The molecule has 3 amide bonds. The van der Waals surface area contributed by atoms with Crippen molar-refractivity contribution >= 4 is 28.8 Å². The summed E-state index contributed by atoms with van der Waals surface area (Å²) in [6, 6.07) is 10.1. The number of aromatic nitrogens is 2. The van der Waals surface area contributed by atoms with Gasteiger partial charge >= 0.3 is 0 Å². The van der Waals surface area contributed by atoms with Crippen LogP contribution in [0, 0.1) is 6.92 Å². The van der Waals surface area contributed by atoms with Gasteiger partial charge in [-0.25, -0.2) is 4.98 Å². The Kier molecular flexibility index (Phi) is 9.15. The SMILES string of the molecule is COc1ccc2c(c1)OCCNC(=O)[C@@H](NC(=O)COCc1nc3c(C)cccc3[nH]1)CCCCNC2=O. The van der Waals surface area contributed by atoms with Crippen molar-refractivity contribution in [3.05, 3.63) is 53.3 Å². The Hall–Kier alpha value is -4.12. The Morgan fingerprint density at radius 2 is 2.03 bits per heavy atom. The standard InChI is InChI=1S/C27H33N5O6/c1-17-6-5-8-20-25(17)32-23(30-20)15-37-16-24(33)31-21-7-3-4-11-28-26(34)19-10-9-18(36-2)14-22(19)38-13-12-29-27(21)35/h5-6,8-10,14,21H,3-4,7,11-13,15-16H2,1-2H3,(H,28,34)(H,29,35)(H,30,32)(H,31,33)/t21-/m0/s1. The number of benzene rings is 2. The fraction of sp³-hybridized carbons (Fsp3) is 0.407. The molecule has 1 aliphatic heterocycles. The van der Waals surface area contributed by atoms with Gasteiger partial charge in [-0.05, 0) is 49.9 Å². The first kappa shape index (κ1) is 26.9. The predicted octanol–water partition coefficient (Wildman–Crippen LogP) is 1.99. The van der Waals surface area contributed by atoms with Crippen LogP contribution in [0.5, 0.6) is 11.5 Å². The fourth-order valence-corrected chi connectivity index (χ4v) is 4.21. The van der Waals surface area contributed by atoms with Crippen molar-refractivity contribution in [1.82, 2.24) is 25.9 Å². The van der Waals surface area contributed by atoms with E-state index in [-0.39, 0.29) is 38.2 Å². The van der Waals surface area contributed by atoms with Gasteiger partial charge in [0, 0.05) is 12.6 Å². The quantitative estimate of drug-likeness (QED) is 0.387. The van der Waals surface area contributed by atoms with Crippen LogP contribution in [-0.2, 0) is 20.9 Å². The highest BCUT2D eigenvalue weighted by Crippen LogP contribution is 2.25. The summed E-state index contributed by atoms with van der Waals surface area (Å²) in [6.45, 7) is 2.67. The number of hydrogen-bond donors (Lipinski definition) is 4. The number of methoxy groups -OCH3 is 1. The van der Waals surface area contributed by atoms with E-state index in [1.807, 2.05) is 25.1 Å². The maximum absolute atomic E-state index is 12.8. The third-order valence-electron chi connectivity index (χ3n) is 6.18. The molecule has 0 spiro atoms. The number of hydrogen-bond acceptors (Lipinski definition) is 7. The van der Waals surface area contributed by atoms with E-state index in [9.17, 15) is 14.4 Å². The average molecular weight is 524 g/mol. The molecule has 1 atom stereocenters. The van der Waals surface area contributed by atoms with E-state index in [0.717, 1.165) is 16.6 Å². The van der Waals surface area contributed by atoms with Crippen LogP contribution in [0.1, 0.15) is 41.0 Å². The minimum Gasteiger partial charge on any atom is -0.497 e. The molecule has 2 heterocycles. The van der Waals surface area contributed by atoms with E-state index in [2.05, 4.69) is 25.9 Å². The van der Waals surface area contributed by atoms with Crippen molar-refractivity contribution in [2.24, 2.45) is 0 Å². The Bertz CT molecular complexity index is 1290. The van der Waals surface area contributed by atoms with Crippen LogP contribution in [0.4, 0.5) is 0 Å². The minimum atomic E-state index is -0.731.